The van der Waals surface area contributed by atoms with E-state index < -0.39 is 29.0 Å². The Labute approximate surface area is 211 Å². The van der Waals surface area contributed by atoms with E-state index >= 15 is 0 Å². The second-order valence-corrected chi connectivity index (χ2v) is 8.81. The Bertz CT molecular complexity index is 1320. The minimum atomic E-state index is -4.57. The molecular weight excluding hydrogens is 493 g/mol. The molecule has 0 saturated heterocycles. The fourth-order valence-electron chi connectivity index (χ4n) is 3.50. The lowest BCUT2D eigenvalue weighted by molar-refractivity contribution is -0.146. The van der Waals surface area contributed by atoms with E-state index in [1.165, 1.54) is 18.4 Å². The van der Waals surface area contributed by atoms with E-state index in [0.717, 1.165) is 12.1 Å². The van der Waals surface area contributed by atoms with Crippen LogP contribution >= 0.6 is 11.6 Å². The molecule has 0 saturated carbocycles. The average molecular weight is 515 g/mol. The summed E-state index contributed by atoms with van der Waals surface area (Å²) >= 11 is 6.22. The number of hydrogen-bond donors (Lipinski definition) is 0. The number of rotatable bonds is 7. The predicted octanol–water partition coefficient (Wildman–Crippen LogP) is 7.77. The zero-order chi connectivity index (χ0) is 26.5. The third-order valence-corrected chi connectivity index (χ3v) is 6.20. The third kappa shape index (κ3) is 5.86. The van der Waals surface area contributed by atoms with Crippen molar-refractivity contribution in [1.29, 1.82) is 5.26 Å². The first-order valence-corrected chi connectivity index (χ1v) is 11.2. The summed E-state index contributed by atoms with van der Waals surface area (Å²) in [7, 11) is 0. The lowest BCUT2D eigenvalue weighted by Gasteiger charge is -2.32. The number of aromatic nitrogens is 1. The van der Waals surface area contributed by atoms with Crippen molar-refractivity contribution >= 4 is 29.2 Å². The molecule has 1 atom stereocenters. The van der Waals surface area contributed by atoms with Gasteiger partial charge in [0.05, 0.1) is 16.7 Å². The Hall–Kier alpha value is -3.83. The van der Waals surface area contributed by atoms with E-state index in [4.69, 9.17) is 26.3 Å². The second kappa shape index (κ2) is 10.8. The number of carbonyl (C=O) groups is 1. The molecule has 1 heterocycles. The number of nitrogens with zero attached hydrogens (tertiary/aromatic N) is 2. The summed E-state index contributed by atoms with van der Waals surface area (Å²) in [6, 6.07) is 16.8. The molecule has 0 amide bonds. The van der Waals surface area contributed by atoms with Gasteiger partial charge in [0.25, 0.3) is 6.26 Å². The fraction of sp³-hybridized carbons (Fsp3) is 0.222. The summed E-state index contributed by atoms with van der Waals surface area (Å²) in [5.41, 5.74) is -1.51. The van der Waals surface area contributed by atoms with E-state index in [1.54, 1.807) is 63.2 Å². The van der Waals surface area contributed by atoms with Crippen molar-refractivity contribution in [3.63, 3.8) is 0 Å². The first kappa shape index (κ1) is 26.8. The molecule has 3 aromatic rings. The van der Waals surface area contributed by atoms with E-state index in [9.17, 15) is 18.0 Å². The highest BCUT2D eigenvalue weighted by atomic mass is 35.5. The molecule has 0 radical (unpaired) electrons. The van der Waals surface area contributed by atoms with E-state index in [0.29, 0.717) is 11.4 Å². The highest BCUT2D eigenvalue weighted by molar-refractivity contribution is 6.32. The number of nitriles is 1. The Morgan fingerprint density at radius 3 is 2.36 bits per heavy atom. The van der Waals surface area contributed by atoms with Crippen LogP contribution in [0.1, 0.15) is 37.6 Å². The van der Waals surface area contributed by atoms with Gasteiger partial charge in [0, 0.05) is 11.1 Å². The molecule has 0 spiro atoms. The SMILES string of the molecule is CC(C)C(C)(C(=O)OC#N)C(=Cc1ccc(C(F)(F)F)cc1Cl)c1cccc(Oc2ccccc2)n1. The fourth-order valence-corrected chi connectivity index (χ4v) is 3.74. The van der Waals surface area contributed by atoms with Crippen LogP contribution < -0.4 is 4.74 Å². The van der Waals surface area contributed by atoms with Gasteiger partial charge in [-0.05, 0) is 60.4 Å². The Morgan fingerprint density at radius 2 is 1.78 bits per heavy atom. The maximum absolute atomic E-state index is 13.1. The molecule has 0 aliphatic carbocycles. The van der Waals surface area contributed by atoms with E-state index in [2.05, 4.69) is 4.98 Å². The quantitative estimate of drug-likeness (QED) is 0.238. The second-order valence-electron chi connectivity index (χ2n) is 8.41. The van der Waals surface area contributed by atoms with Gasteiger partial charge in [-0.3, -0.25) is 0 Å². The van der Waals surface area contributed by atoms with Gasteiger partial charge >= 0.3 is 12.1 Å². The third-order valence-electron chi connectivity index (χ3n) is 5.87. The van der Waals surface area contributed by atoms with Gasteiger partial charge in [-0.25, -0.2) is 9.78 Å². The van der Waals surface area contributed by atoms with E-state index in [-0.39, 0.29) is 22.0 Å². The molecule has 0 N–H and O–H groups in total. The van der Waals surface area contributed by atoms with Gasteiger partial charge in [0.2, 0.25) is 5.88 Å². The van der Waals surface area contributed by atoms with Gasteiger partial charge in [0.15, 0.2) is 0 Å². The van der Waals surface area contributed by atoms with Crippen molar-refractivity contribution in [1.82, 2.24) is 4.98 Å². The smallest absolute Gasteiger partial charge is 0.416 e. The molecule has 0 aliphatic heterocycles. The molecule has 1 unspecified atom stereocenters. The van der Waals surface area contributed by atoms with Crippen molar-refractivity contribution < 1.29 is 27.4 Å². The summed E-state index contributed by atoms with van der Waals surface area (Å²) in [6.07, 6.45) is -1.68. The minimum absolute atomic E-state index is 0.168. The first-order valence-electron chi connectivity index (χ1n) is 10.9. The Balaban J connectivity index is 2.20. The van der Waals surface area contributed by atoms with Crippen LogP contribution in [-0.2, 0) is 15.7 Å². The van der Waals surface area contributed by atoms with Crippen molar-refractivity contribution in [2.24, 2.45) is 11.3 Å². The molecule has 1 aromatic heterocycles. The number of para-hydroxylation sites is 1. The molecule has 0 bridgehead atoms. The average Bonchev–Trinajstić information content (AvgIpc) is 2.83. The number of pyridine rings is 1. The lowest BCUT2D eigenvalue weighted by atomic mass is 9.71. The summed E-state index contributed by atoms with van der Waals surface area (Å²) in [5.74, 6) is -0.486. The van der Waals surface area contributed by atoms with Crippen LogP contribution in [0, 0.1) is 22.9 Å². The Kier molecular flexibility index (Phi) is 8.06. The number of halogens is 4. The summed E-state index contributed by atoms with van der Waals surface area (Å²) in [5, 5.41) is 8.84. The maximum atomic E-state index is 13.1. The van der Waals surface area contributed by atoms with Crippen LogP contribution in [0.3, 0.4) is 0 Å². The van der Waals surface area contributed by atoms with E-state index in [1.807, 2.05) is 6.07 Å². The number of ether oxygens (including phenoxy) is 2. The number of hydrogen-bond acceptors (Lipinski definition) is 5. The van der Waals surface area contributed by atoms with Gasteiger partial charge in [-0.15, -0.1) is 5.26 Å². The monoisotopic (exact) mass is 514 g/mol. The van der Waals surface area contributed by atoms with Crippen LogP contribution in [0.25, 0.3) is 11.6 Å². The number of alkyl halides is 3. The molecule has 2 aromatic carbocycles. The minimum Gasteiger partial charge on any atom is -0.439 e. The molecule has 3 rings (SSSR count). The van der Waals surface area contributed by atoms with Crippen molar-refractivity contribution in [3.8, 4) is 17.9 Å². The van der Waals surface area contributed by atoms with Gasteiger partial charge in [-0.2, -0.15) is 13.2 Å². The Morgan fingerprint density at radius 1 is 1.08 bits per heavy atom. The molecule has 0 aliphatic rings. The largest absolute Gasteiger partial charge is 0.439 e. The number of esters is 1. The highest BCUT2D eigenvalue weighted by Crippen LogP contribution is 2.44. The molecule has 5 nitrogen and oxygen atoms in total. The molecule has 186 valence electrons. The van der Waals surface area contributed by atoms with Gasteiger partial charge in [0.1, 0.15) is 5.75 Å². The maximum Gasteiger partial charge on any atom is 0.416 e. The van der Waals surface area contributed by atoms with Crippen molar-refractivity contribution in [3.05, 3.63) is 88.6 Å². The van der Waals surface area contributed by atoms with Crippen molar-refractivity contribution in [2.45, 2.75) is 26.9 Å². The predicted molar refractivity (Wildman–Crippen MR) is 130 cm³/mol. The zero-order valence-electron chi connectivity index (χ0n) is 19.6. The van der Waals surface area contributed by atoms with Crippen LogP contribution in [0.4, 0.5) is 13.2 Å². The topological polar surface area (TPSA) is 72.2 Å². The highest BCUT2D eigenvalue weighted by Gasteiger charge is 2.43. The molecule has 9 heteroatoms. The van der Waals surface area contributed by atoms with Gasteiger partial charge in [-0.1, -0.05) is 55.8 Å². The molecular formula is C27H22ClF3N2O3. The standard InChI is InChI=1S/C27H22ClF3N2O3/c1-17(2)26(3,25(34)35-16-32)21(14-18-12-13-19(15-22(18)28)27(29,30)31)23-10-7-11-24(33-23)36-20-8-5-4-6-9-20/h4-15,17H,1-3H3. The summed E-state index contributed by atoms with van der Waals surface area (Å²) in [6.45, 7) is 5.09. The van der Waals surface area contributed by atoms with Crippen LogP contribution in [-0.4, -0.2) is 11.0 Å². The zero-order valence-corrected chi connectivity index (χ0v) is 20.4. The van der Waals surface area contributed by atoms with Crippen LogP contribution in [0.2, 0.25) is 5.02 Å². The normalized spacial score (nSPS) is 13.6. The molecule has 36 heavy (non-hydrogen) atoms. The van der Waals surface area contributed by atoms with Gasteiger partial charge < -0.3 is 9.47 Å². The van der Waals surface area contributed by atoms with Crippen molar-refractivity contribution in [2.75, 3.05) is 0 Å². The summed E-state index contributed by atoms with van der Waals surface area (Å²) in [4.78, 5) is 17.6. The van der Waals surface area contributed by atoms with Crippen LogP contribution in [0.5, 0.6) is 11.6 Å². The molecule has 0 fully saturated rings. The number of benzene rings is 2. The summed E-state index contributed by atoms with van der Waals surface area (Å²) < 4.78 is 50.0. The van der Waals surface area contributed by atoms with Crippen LogP contribution in [0.15, 0.2) is 66.7 Å². The number of carbonyl (C=O) groups excluding carboxylic acids is 1. The lowest BCUT2D eigenvalue weighted by Crippen LogP contribution is -2.36. The first-order chi connectivity index (χ1) is 17.0.